The zero-order chi connectivity index (χ0) is 30.3. The minimum Gasteiger partial charge on any atom is -0.494 e. The van der Waals surface area contributed by atoms with Gasteiger partial charge in [0.15, 0.2) is 5.88 Å². The summed E-state index contributed by atoms with van der Waals surface area (Å²) in [5.74, 6) is -0.505. The number of hydrogen-bond donors (Lipinski definition) is 2. The van der Waals surface area contributed by atoms with Gasteiger partial charge in [-0.2, -0.15) is 0 Å². The van der Waals surface area contributed by atoms with Crippen molar-refractivity contribution in [3.63, 3.8) is 0 Å². The number of aromatic nitrogens is 1. The highest BCUT2D eigenvalue weighted by Gasteiger charge is 2.20. The van der Waals surface area contributed by atoms with E-state index in [-0.39, 0.29) is 24.9 Å². The molecule has 0 unspecified atom stereocenters. The maximum atomic E-state index is 13.0. The second-order valence-corrected chi connectivity index (χ2v) is 10.3. The fourth-order valence-corrected chi connectivity index (χ4v) is 4.94. The van der Waals surface area contributed by atoms with Gasteiger partial charge >= 0.3 is 5.97 Å². The van der Waals surface area contributed by atoms with Crippen molar-refractivity contribution in [2.75, 3.05) is 32.1 Å². The standard InChI is InChI=1S/C35H34N4O4/c1-4-43-35(42)26-15-20-29-30(21-26)37-34(41)32(29)33(25-13-9-6-10-14-25)36-27-16-18-28(19-17-27)39(3)31(40)23-38(2)22-24-11-7-5-8-12-24/h5-21,37,41H,4,22-23H2,1-3H3. The largest absolute Gasteiger partial charge is 0.494 e. The smallest absolute Gasteiger partial charge is 0.338 e. The Morgan fingerprint density at radius 3 is 2.21 bits per heavy atom. The van der Waals surface area contributed by atoms with Crippen LogP contribution in [0.4, 0.5) is 11.4 Å². The van der Waals surface area contributed by atoms with Gasteiger partial charge < -0.3 is 19.7 Å². The van der Waals surface area contributed by atoms with Crippen LogP contribution in [0, 0.1) is 0 Å². The summed E-state index contributed by atoms with van der Waals surface area (Å²) in [7, 11) is 3.69. The average molecular weight is 575 g/mol. The van der Waals surface area contributed by atoms with Crippen LogP contribution in [0.1, 0.15) is 34.0 Å². The maximum absolute atomic E-state index is 13.0. The molecule has 2 N–H and O–H groups in total. The number of hydrogen-bond acceptors (Lipinski definition) is 6. The molecule has 0 aliphatic heterocycles. The van der Waals surface area contributed by atoms with Crippen molar-refractivity contribution in [1.82, 2.24) is 9.88 Å². The summed E-state index contributed by atoms with van der Waals surface area (Å²) in [5.41, 5.74) is 5.43. The first-order valence-corrected chi connectivity index (χ1v) is 14.1. The van der Waals surface area contributed by atoms with E-state index in [1.807, 2.05) is 96.9 Å². The minimum absolute atomic E-state index is 0.0226. The van der Waals surface area contributed by atoms with Crippen molar-refractivity contribution in [3.8, 4) is 5.88 Å². The Morgan fingerprint density at radius 1 is 0.860 bits per heavy atom. The van der Waals surface area contributed by atoms with Gasteiger partial charge in [0.25, 0.3) is 0 Å². The molecule has 0 saturated heterocycles. The third-order valence-electron chi connectivity index (χ3n) is 7.13. The van der Waals surface area contributed by atoms with Crippen molar-refractivity contribution in [2.24, 2.45) is 4.99 Å². The molecule has 5 rings (SSSR count). The summed E-state index contributed by atoms with van der Waals surface area (Å²) >= 11 is 0. The predicted molar refractivity (Wildman–Crippen MR) is 170 cm³/mol. The molecular weight excluding hydrogens is 540 g/mol. The molecule has 1 amide bonds. The molecule has 4 aromatic carbocycles. The van der Waals surface area contributed by atoms with Gasteiger partial charge in [-0.1, -0.05) is 66.7 Å². The number of benzene rings is 4. The molecule has 0 radical (unpaired) electrons. The molecule has 0 aliphatic rings. The van der Waals surface area contributed by atoms with Crippen LogP contribution in [0.3, 0.4) is 0 Å². The molecule has 0 fully saturated rings. The van der Waals surface area contributed by atoms with E-state index in [9.17, 15) is 14.7 Å². The Labute approximate surface area is 250 Å². The average Bonchev–Trinajstić information content (AvgIpc) is 3.35. The summed E-state index contributed by atoms with van der Waals surface area (Å²) in [6.45, 7) is 2.99. The number of carbonyl (C=O) groups is 2. The summed E-state index contributed by atoms with van der Waals surface area (Å²) in [6, 6.07) is 32.2. The molecule has 218 valence electrons. The van der Waals surface area contributed by atoms with Crippen molar-refractivity contribution in [1.29, 1.82) is 0 Å². The second kappa shape index (κ2) is 13.2. The summed E-state index contributed by atoms with van der Waals surface area (Å²) in [4.78, 5) is 36.8. The van der Waals surface area contributed by atoms with Gasteiger partial charge in [-0.15, -0.1) is 0 Å². The molecule has 8 nitrogen and oxygen atoms in total. The Balaban J connectivity index is 1.41. The summed E-state index contributed by atoms with van der Waals surface area (Å²) < 4.78 is 5.13. The molecule has 0 bridgehead atoms. The quantitative estimate of drug-likeness (QED) is 0.150. The number of nitrogens with zero attached hydrogens (tertiary/aromatic N) is 3. The molecule has 43 heavy (non-hydrogen) atoms. The number of esters is 1. The van der Waals surface area contributed by atoms with E-state index in [0.717, 1.165) is 22.2 Å². The molecule has 0 spiro atoms. The van der Waals surface area contributed by atoms with E-state index in [2.05, 4.69) is 4.98 Å². The Kier molecular flexibility index (Phi) is 8.98. The number of ether oxygens (including phenoxy) is 1. The Hall–Kier alpha value is -5.21. The summed E-state index contributed by atoms with van der Waals surface area (Å²) in [6.07, 6.45) is 0. The van der Waals surface area contributed by atoms with E-state index >= 15 is 0 Å². The lowest BCUT2D eigenvalue weighted by Gasteiger charge is -2.22. The van der Waals surface area contributed by atoms with Gasteiger partial charge in [0.2, 0.25) is 5.91 Å². The van der Waals surface area contributed by atoms with Crippen LogP contribution in [0.25, 0.3) is 10.9 Å². The first-order valence-electron chi connectivity index (χ1n) is 14.1. The van der Waals surface area contributed by atoms with E-state index in [1.165, 1.54) is 0 Å². The number of likely N-dealkylation sites (N-methyl/N-ethyl adjacent to an activating group) is 2. The van der Waals surface area contributed by atoms with Gasteiger partial charge in [0, 0.05) is 35.7 Å². The predicted octanol–water partition coefficient (Wildman–Crippen LogP) is 6.31. The van der Waals surface area contributed by atoms with Gasteiger partial charge in [-0.05, 0) is 55.9 Å². The number of aromatic amines is 1. The molecule has 0 atom stereocenters. The van der Waals surface area contributed by atoms with Crippen molar-refractivity contribution >= 4 is 39.9 Å². The SMILES string of the molecule is CCOC(=O)c1ccc2c(C(=Nc3ccc(N(C)C(=O)CN(C)Cc4ccccc4)cc3)c3ccccc3)c(O)[nH]c2c1. The zero-order valence-electron chi connectivity index (χ0n) is 24.4. The minimum atomic E-state index is -0.427. The molecular formula is C35H34N4O4. The van der Waals surface area contributed by atoms with Crippen molar-refractivity contribution in [2.45, 2.75) is 13.5 Å². The zero-order valence-corrected chi connectivity index (χ0v) is 24.4. The van der Waals surface area contributed by atoms with Crippen LogP contribution in [-0.2, 0) is 16.1 Å². The molecule has 0 saturated carbocycles. The number of aromatic hydroxyl groups is 1. The Morgan fingerprint density at radius 2 is 1.53 bits per heavy atom. The first-order chi connectivity index (χ1) is 20.8. The number of fused-ring (bicyclic) bond motifs is 1. The highest BCUT2D eigenvalue weighted by molar-refractivity contribution is 6.22. The van der Waals surface area contributed by atoms with E-state index < -0.39 is 5.97 Å². The number of rotatable bonds is 10. The summed E-state index contributed by atoms with van der Waals surface area (Å²) in [5, 5.41) is 11.7. The lowest BCUT2D eigenvalue weighted by atomic mass is 10.00. The molecule has 1 heterocycles. The van der Waals surface area contributed by atoms with E-state index in [1.54, 1.807) is 37.1 Å². The van der Waals surface area contributed by atoms with Crippen LogP contribution in [0.5, 0.6) is 5.88 Å². The molecule has 5 aromatic rings. The Bertz CT molecular complexity index is 1750. The fraction of sp³-hybridized carbons (Fsp3) is 0.171. The van der Waals surface area contributed by atoms with Gasteiger partial charge in [0.05, 0.1) is 35.7 Å². The van der Waals surface area contributed by atoms with Crippen LogP contribution >= 0.6 is 0 Å². The van der Waals surface area contributed by atoms with Crippen LogP contribution < -0.4 is 4.90 Å². The fourth-order valence-electron chi connectivity index (χ4n) is 4.94. The second-order valence-electron chi connectivity index (χ2n) is 10.3. The number of aliphatic imine (C=N–C) groups is 1. The highest BCUT2D eigenvalue weighted by atomic mass is 16.5. The normalized spacial score (nSPS) is 11.6. The third kappa shape index (κ3) is 6.82. The molecule has 1 aromatic heterocycles. The highest BCUT2D eigenvalue weighted by Crippen LogP contribution is 2.32. The molecule has 8 heteroatoms. The monoisotopic (exact) mass is 574 g/mol. The van der Waals surface area contributed by atoms with E-state index in [4.69, 9.17) is 9.73 Å². The van der Waals surface area contributed by atoms with Gasteiger partial charge in [-0.3, -0.25) is 9.69 Å². The maximum Gasteiger partial charge on any atom is 0.338 e. The number of anilines is 1. The lowest BCUT2D eigenvalue weighted by molar-refractivity contribution is -0.119. The van der Waals surface area contributed by atoms with Gasteiger partial charge in [-0.25, -0.2) is 9.79 Å². The van der Waals surface area contributed by atoms with Crippen molar-refractivity contribution in [3.05, 3.63) is 125 Å². The topological polar surface area (TPSA) is 98.2 Å². The number of amides is 1. The lowest BCUT2D eigenvalue weighted by Crippen LogP contribution is -2.36. The number of carbonyl (C=O) groups excluding carboxylic acids is 2. The molecule has 0 aliphatic carbocycles. The first kappa shape index (κ1) is 29.3. The van der Waals surface area contributed by atoms with E-state index in [0.29, 0.717) is 34.6 Å². The van der Waals surface area contributed by atoms with Crippen molar-refractivity contribution < 1.29 is 19.4 Å². The third-order valence-corrected chi connectivity index (χ3v) is 7.13. The van der Waals surface area contributed by atoms with Crippen LogP contribution in [-0.4, -0.2) is 59.8 Å². The van der Waals surface area contributed by atoms with Crippen LogP contribution in [0.2, 0.25) is 0 Å². The van der Waals surface area contributed by atoms with Gasteiger partial charge in [0.1, 0.15) is 0 Å². The van der Waals surface area contributed by atoms with Crippen LogP contribution in [0.15, 0.2) is 108 Å². The number of H-pyrrole nitrogens is 1. The number of nitrogens with one attached hydrogen (secondary N) is 1.